The van der Waals surface area contributed by atoms with Crippen LogP contribution in [-0.2, 0) is 4.74 Å². The highest BCUT2D eigenvalue weighted by atomic mass is 16.6. The van der Waals surface area contributed by atoms with E-state index >= 15 is 0 Å². The van der Waals surface area contributed by atoms with Crippen molar-refractivity contribution in [2.75, 3.05) is 70.3 Å². The van der Waals surface area contributed by atoms with E-state index in [1.807, 2.05) is 0 Å². The van der Waals surface area contributed by atoms with Crippen molar-refractivity contribution < 1.29 is 28.9 Å². The zero-order valence-electron chi connectivity index (χ0n) is 23.3. The molecule has 1 aliphatic rings. The highest BCUT2D eigenvalue weighted by Crippen LogP contribution is 2.38. The maximum Gasteiger partial charge on any atom is 0.296 e. The molecule has 0 bridgehead atoms. The Morgan fingerprint density at radius 1 is 1.00 bits per heavy atom. The van der Waals surface area contributed by atoms with Gasteiger partial charge >= 0.3 is 0 Å². The number of hydrogen-bond donors (Lipinski definition) is 4. The third-order valence-electron chi connectivity index (χ3n) is 6.37. The van der Waals surface area contributed by atoms with Crippen molar-refractivity contribution in [2.24, 2.45) is 11.5 Å². The maximum absolute atomic E-state index is 11.9. The number of nitrogens with one attached hydrogen (secondary N) is 2. The molecule has 0 spiro atoms. The van der Waals surface area contributed by atoms with E-state index in [2.05, 4.69) is 22.1 Å². The van der Waals surface area contributed by atoms with E-state index in [0.29, 0.717) is 31.8 Å². The van der Waals surface area contributed by atoms with Crippen LogP contribution in [0.5, 0.6) is 11.5 Å². The number of carbonyl (C=O) groups is 1. The van der Waals surface area contributed by atoms with Gasteiger partial charge < -0.3 is 36.3 Å². The molecule has 3 rings (SSSR count). The molecule has 2 aromatic rings. The van der Waals surface area contributed by atoms with Crippen molar-refractivity contribution in [3.05, 3.63) is 74.4 Å². The highest BCUT2D eigenvalue weighted by Gasteiger charge is 2.23. The molecule has 2 aromatic carbocycles. The number of morpholine rings is 1. The Morgan fingerprint density at radius 3 is 2.07 bits per heavy atom. The van der Waals surface area contributed by atoms with Crippen molar-refractivity contribution in [1.82, 2.24) is 4.90 Å². The Labute approximate surface area is 242 Å². The van der Waals surface area contributed by atoms with Crippen molar-refractivity contribution in [2.45, 2.75) is 6.42 Å². The molecule has 1 saturated heterocycles. The first-order valence-corrected chi connectivity index (χ1v) is 13.1. The zero-order valence-corrected chi connectivity index (χ0v) is 23.3. The zero-order chi connectivity index (χ0) is 30.6. The van der Waals surface area contributed by atoms with Crippen LogP contribution in [0.2, 0.25) is 0 Å². The smallest absolute Gasteiger partial charge is 0.296 e. The Bertz CT molecular complexity index is 1340. The first-order chi connectivity index (χ1) is 20.1. The number of hydrogen-bond acceptors (Lipinski definition) is 12. The van der Waals surface area contributed by atoms with Crippen LogP contribution in [0.4, 0.5) is 22.7 Å². The molecule has 0 aliphatic carbocycles. The third-order valence-corrected chi connectivity index (χ3v) is 6.37. The van der Waals surface area contributed by atoms with E-state index < -0.39 is 15.8 Å². The van der Waals surface area contributed by atoms with Crippen LogP contribution in [0, 0.1) is 20.2 Å². The van der Waals surface area contributed by atoms with Gasteiger partial charge in [-0.25, -0.2) is 0 Å². The summed E-state index contributed by atoms with van der Waals surface area (Å²) in [6.45, 7) is 8.23. The number of anilines is 2. The third kappa shape index (κ3) is 8.55. The normalized spacial score (nSPS) is 13.5. The number of nitro groups is 2. The van der Waals surface area contributed by atoms with Gasteiger partial charge in [0, 0.05) is 61.7 Å². The summed E-state index contributed by atoms with van der Waals surface area (Å²) in [5.74, 6) is -0.474. The van der Waals surface area contributed by atoms with E-state index in [0.717, 1.165) is 25.7 Å². The second-order valence-electron chi connectivity index (χ2n) is 9.23. The molecule has 1 amide bonds. The molecule has 15 nitrogen and oxygen atoms in total. The van der Waals surface area contributed by atoms with Crippen LogP contribution in [0.1, 0.15) is 22.3 Å². The minimum atomic E-state index is -0.827. The minimum absolute atomic E-state index is 0.0613. The van der Waals surface area contributed by atoms with Crippen LogP contribution in [-0.4, -0.2) is 80.3 Å². The van der Waals surface area contributed by atoms with Crippen LogP contribution in [0.15, 0.2) is 43.0 Å². The van der Waals surface area contributed by atoms with Gasteiger partial charge in [0.1, 0.15) is 11.5 Å². The van der Waals surface area contributed by atoms with Crippen LogP contribution in [0.25, 0.3) is 5.70 Å². The lowest BCUT2D eigenvalue weighted by Gasteiger charge is -2.26. The molecule has 6 N–H and O–H groups in total. The fourth-order valence-corrected chi connectivity index (χ4v) is 4.23. The molecule has 15 heteroatoms. The lowest BCUT2D eigenvalue weighted by molar-refractivity contribution is -0.384. The molecule has 0 radical (unpaired) electrons. The number of amides is 1. The lowest BCUT2D eigenvalue weighted by Crippen LogP contribution is -2.37. The number of methoxy groups -OCH3 is 1. The Balaban J connectivity index is 1.69. The minimum Gasteiger partial charge on any atom is -0.494 e. The highest BCUT2D eigenvalue weighted by molar-refractivity contribution is 5.95. The van der Waals surface area contributed by atoms with E-state index in [4.69, 9.17) is 25.7 Å². The van der Waals surface area contributed by atoms with E-state index in [1.165, 1.54) is 19.2 Å². The summed E-state index contributed by atoms with van der Waals surface area (Å²) in [6.07, 6.45) is 4.07. The van der Waals surface area contributed by atoms with Gasteiger partial charge in [0.15, 0.2) is 11.4 Å². The van der Waals surface area contributed by atoms with Gasteiger partial charge in [0.05, 0.1) is 36.8 Å². The van der Waals surface area contributed by atoms with E-state index in [-0.39, 0.29) is 58.6 Å². The maximum atomic E-state index is 11.9. The molecule has 1 fully saturated rings. The number of nitrogens with zero attached hydrogens (tertiary/aromatic N) is 3. The predicted octanol–water partition coefficient (Wildman–Crippen LogP) is 2.72. The monoisotopic (exact) mass is 585 g/mol. The molecular formula is C27H35N7O8. The molecule has 42 heavy (non-hydrogen) atoms. The van der Waals surface area contributed by atoms with Gasteiger partial charge in [-0.15, -0.1) is 0 Å². The molecule has 226 valence electrons. The molecule has 0 unspecified atom stereocenters. The Hall–Kier alpha value is -4.89. The standard InChI is InChI=1S/C27H35N7O8/c1-18(28)19-14-21(33(36)37)26(24(16-19)42-11-5-8-32-9-12-41-13-10-32)31-7-4-3-6-30-25-22(34(38)39)15-20(27(29)35)17-23(25)40-2/h3-4,14-17,30-31H,1,5-13,28H2,2H3,(H2,29,35)/b4-3+. The summed E-state index contributed by atoms with van der Waals surface area (Å²) >= 11 is 0. The van der Waals surface area contributed by atoms with Crippen molar-refractivity contribution in [3.63, 3.8) is 0 Å². The molecule has 1 aliphatic heterocycles. The van der Waals surface area contributed by atoms with Crippen molar-refractivity contribution in [3.8, 4) is 11.5 Å². The van der Waals surface area contributed by atoms with Gasteiger partial charge in [-0.05, 0) is 18.6 Å². The molecule has 0 atom stereocenters. The number of primary amides is 1. The fraction of sp³-hybridized carbons (Fsp3) is 0.370. The Morgan fingerprint density at radius 2 is 1.55 bits per heavy atom. The molecule has 0 aromatic heterocycles. The SMILES string of the molecule is C=C(N)c1cc(OCCCN2CCOCC2)c(NC/C=C/CNc2c(OC)cc(C(N)=O)cc2[N+](=O)[O-])c([N+](=O)[O-])c1. The van der Waals surface area contributed by atoms with Gasteiger partial charge in [-0.3, -0.25) is 29.9 Å². The summed E-state index contributed by atoms with van der Waals surface area (Å²) in [4.78, 5) is 36.1. The number of ether oxygens (including phenoxy) is 3. The second kappa shape index (κ2) is 15.2. The van der Waals surface area contributed by atoms with Crippen LogP contribution in [0.3, 0.4) is 0 Å². The van der Waals surface area contributed by atoms with E-state index in [1.54, 1.807) is 18.2 Å². The van der Waals surface area contributed by atoms with Crippen LogP contribution < -0.4 is 31.6 Å². The first-order valence-electron chi connectivity index (χ1n) is 13.1. The number of rotatable bonds is 16. The van der Waals surface area contributed by atoms with Crippen molar-refractivity contribution >= 4 is 34.4 Å². The van der Waals surface area contributed by atoms with Crippen LogP contribution >= 0.6 is 0 Å². The summed E-state index contributed by atoms with van der Waals surface area (Å²) in [5.41, 5.74) is 11.3. The molecular weight excluding hydrogens is 550 g/mol. The predicted molar refractivity (Wildman–Crippen MR) is 158 cm³/mol. The van der Waals surface area contributed by atoms with Gasteiger partial charge in [-0.1, -0.05) is 18.7 Å². The first kappa shape index (κ1) is 31.6. The summed E-state index contributed by atoms with van der Waals surface area (Å²) < 4.78 is 16.5. The average molecular weight is 586 g/mol. The van der Waals surface area contributed by atoms with Gasteiger partial charge in [0.25, 0.3) is 11.4 Å². The molecule has 1 heterocycles. The number of benzene rings is 2. The topological polar surface area (TPSA) is 210 Å². The quantitative estimate of drug-likeness (QED) is 0.0969. The summed E-state index contributed by atoms with van der Waals surface area (Å²) in [7, 11) is 1.31. The number of carbonyl (C=O) groups excluding carboxylic acids is 1. The summed E-state index contributed by atoms with van der Waals surface area (Å²) in [6, 6.07) is 5.32. The number of nitrogens with two attached hydrogens (primary N) is 2. The Kier molecular flexibility index (Phi) is 11.5. The molecule has 0 saturated carbocycles. The average Bonchev–Trinajstić information content (AvgIpc) is 2.97. The van der Waals surface area contributed by atoms with Gasteiger partial charge in [0.2, 0.25) is 5.91 Å². The summed E-state index contributed by atoms with van der Waals surface area (Å²) in [5, 5.41) is 29.4. The van der Waals surface area contributed by atoms with Crippen molar-refractivity contribution in [1.29, 1.82) is 0 Å². The second-order valence-corrected chi connectivity index (χ2v) is 9.23. The lowest BCUT2D eigenvalue weighted by atomic mass is 10.1. The largest absolute Gasteiger partial charge is 0.494 e. The fourth-order valence-electron chi connectivity index (χ4n) is 4.23. The number of nitro benzene ring substituents is 2. The van der Waals surface area contributed by atoms with E-state index in [9.17, 15) is 25.0 Å². The van der Waals surface area contributed by atoms with Gasteiger partial charge in [-0.2, -0.15) is 0 Å².